The van der Waals surface area contributed by atoms with E-state index in [4.69, 9.17) is 4.52 Å². The van der Waals surface area contributed by atoms with Crippen LogP contribution in [0, 0.1) is 13.8 Å². The first-order chi connectivity index (χ1) is 10.2. The molecule has 6 nitrogen and oxygen atoms in total. The average molecular weight is 301 g/mol. The summed E-state index contributed by atoms with van der Waals surface area (Å²) >= 11 is 1.68. The van der Waals surface area contributed by atoms with E-state index in [1.54, 1.807) is 24.5 Å². The van der Waals surface area contributed by atoms with Gasteiger partial charge in [0.1, 0.15) is 5.82 Å². The van der Waals surface area contributed by atoms with Gasteiger partial charge in [-0.15, -0.1) is 11.3 Å². The average Bonchev–Trinajstić information content (AvgIpc) is 3.08. The van der Waals surface area contributed by atoms with Crippen LogP contribution in [0.3, 0.4) is 0 Å². The zero-order valence-electron chi connectivity index (χ0n) is 11.8. The van der Waals surface area contributed by atoms with Gasteiger partial charge in [0.25, 0.3) is 5.89 Å². The number of aryl methyl sites for hydroxylation is 2. The van der Waals surface area contributed by atoms with E-state index < -0.39 is 0 Å². The molecule has 0 radical (unpaired) electrons. The number of pyridine rings is 1. The van der Waals surface area contributed by atoms with Crippen LogP contribution in [0.1, 0.15) is 16.5 Å². The lowest BCUT2D eigenvalue weighted by Gasteiger charge is -2.04. The summed E-state index contributed by atoms with van der Waals surface area (Å²) in [6.45, 7) is 4.58. The summed E-state index contributed by atoms with van der Waals surface area (Å²) in [5.74, 6) is 1.92. The highest BCUT2D eigenvalue weighted by molar-refractivity contribution is 7.09. The van der Waals surface area contributed by atoms with E-state index in [0.29, 0.717) is 11.7 Å². The molecular weight excluding hydrogens is 286 g/mol. The van der Waals surface area contributed by atoms with Crippen molar-refractivity contribution in [3.63, 3.8) is 0 Å². The van der Waals surface area contributed by atoms with Crippen molar-refractivity contribution in [1.82, 2.24) is 20.1 Å². The fraction of sp³-hybridized carbons (Fsp3) is 0.286. The van der Waals surface area contributed by atoms with Gasteiger partial charge in [0, 0.05) is 35.8 Å². The molecule has 0 aliphatic rings. The van der Waals surface area contributed by atoms with Crippen LogP contribution in [0.2, 0.25) is 0 Å². The maximum Gasteiger partial charge on any atom is 0.258 e. The molecule has 0 aromatic carbocycles. The van der Waals surface area contributed by atoms with Crippen LogP contribution in [0.4, 0.5) is 5.82 Å². The topological polar surface area (TPSA) is 76.7 Å². The van der Waals surface area contributed by atoms with Crippen molar-refractivity contribution >= 4 is 17.2 Å². The van der Waals surface area contributed by atoms with Crippen LogP contribution in [0.15, 0.2) is 28.2 Å². The summed E-state index contributed by atoms with van der Waals surface area (Å²) in [6, 6.07) is 3.75. The fourth-order valence-corrected chi connectivity index (χ4v) is 2.67. The molecule has 3 heterocycles. The Balaban J connectivity index is 1.63. The van der Waals surface area contributed by atoms with Gasteiger partial charge in [-0.2, -0.15) is 4.98 Å². The predicted octanol–water partition coefficient (Wildman–Crippen LogP) is 2.86. The van der Waals surface area contributed by atoms with Crippen molar-refractivity contribution in [3.8, 4) is 11.5 Å². The van der Waals surface area contributed by atoms with Crippen LogP contribution >= 0.6 is 11.3 Å². The van der Waals surface area contributed by atoms with Gasteiger partial charge in [0.05, 0.1) is 5.01 Å². The summed E-state index contributed by atoms with van der Waals surface area (Å²) in [5, 5.41) is 10.3. The van der Waals surface area contributed by atoms with Crippen molar-refractivity contribution in [1.29, 1.82) is 0 Å². The fourth-order valence-electron chi connectivity index (χ4n) is 1.89. The summed E-state index contributed by atoms with van der Waals surface area (Å²) < 4.78 is 5.16. The maximum atomic E-state index is 5.16. The molecule has 0 unspecified atom stereocenters. The first kappa shape index (κ1) is 13.7. The Hall–Kier alpha value is -2.28. The van der Waals surface area contributed by atoms with Gasteiger partial charge in [0.2, 0.25) is 0 Å². The number of rotatable bonds is 5. The Morgan fingerprint density at radius 2 is 2.19 bits per heavy atom. The summed E-state index contributed by atoms with van der Waals surface area (Å²) in [5.41, 5.74) is 1.93. The van der Waals surface area contributed by atoms with E-state index in [0.717, 1.165) is 35.0 Å². The van der Waals surface area contributed by atoms with E-state index in [2.05, 4.69) is 30.8 Å². The molecule has 3 rings (SSSR count). The second kappa shape index (κ2) is 6.01. The molecule has 0 aliphatic carbocycles. The standard InChI is InChI=1S/C14H15N5OS/c1-9-8-21-13(17-9)4-6-16-12-7-11(3-5-15-12)14-18-10(2)19-20-14/h3,5,7-8H,4,6H2,1-2H3,(H,15,16). The molecule has 0 spiro atoms. The normalized spacial score (nSPS) is 10.8. The molecular formula is C14H15N5OS. The largest absolute Gasteiger partial charge is 0.370 e. The summed E-state index contributed by atoms with van der Waals surface area (Å²) in [6.07, 6.45) is 2.61. The number of anilines is 1. The smallest absolute Gasteiger partial charge is 0.258 e. The van der Waals surface area contributed by atoms with Gasteiger partial charge in [0.15, 0.2) is 5.82 Å². The molecule has 1 N–H and O–H groups in total. The van der Waals surface area contributed by atoms with Crippen molar-refractivity contribution < 1.29 is 4.52 Å². The first-order valence-corrected chi connectivity index (χ1v) is 7.50. The number of hydrogen-bond acceptors (Lipinski definition) is 7. The second-order valence-electron chi connectivity index (χ2n) is 4.64. The molecule has 7 heteroatoms. The van der Waals surface area contributed by atoms with Crippen LogP contribution < -0.4 is 5.32 Å². The lowest BCUT2D eigenvalue weighted by atomic mass is 10.2. The lowest BCUT2D eigenvalue weighted by molar-refractivity contribution is 0.425. The second-order valence-corrected chi connectivity index (χ2v) is 5.58. The van der Waals surface area contributed by atoms with E-state index in [-0.39, 0.29) is 0 Å². The van der Waals surface area contributed by atoms with Gasteiger partial charge in [-0.3, -0.25) is 0 Å². The quantitative estimate of drug-likeness (QED) is 0.781. The summed E-state index contributed by atoms with van der Waals surface area (Å²) in [7, 11) is 0. The molecule has 0 saturated carbocycles. The van der Waals surface area contributed by atoms with Crippen molar-refractivity contribution in [2.75, 3.05) is 11.9 Å². The summed E-state index contributed by atoms with van der Waals surface area (Å²) in [4.78, 5) is 12.9. The van der Waals surface area contributed by atoms with Gasteiger partial charge < -0.3 is 9.84 Å². The molecule has 0 fully saturated rings. The maximum absolute atomic E-state index is 5.16. The zero-order valence-corrected chi connectivity index (χ0v) is 12.6. The Morgan fingerprint density at radius 3 is 2.90 bits per heavy atom. The highest BCUT2D eigenvalue weighted by atomic mass is 32.1. The van der Waals surface area contributed by atoms with Crippen molar-refractivity contribution in [2.45, 2.75) is 20.3 Å². The van der Waals surface area contributed by atoms with E-state index in [1.807, 2.05) is 19.1 Å². The van der Waals surface area contributed by atoms with Gasteiger partial charge >= 0.3 is 0 Å². The molecule has 0 saturated heterocycles. The van der Waals surface area contributed by atoms with Gasteiger partial charge in [-0.05, 0) is 26.0 Å². The third kappa shape index (κ3) is 3.43. The highest BCUT2D eigenvalue weighted by Gasteiger charge is 2.07. The van der Waals surface area contributed by atoms with E-state index in [1.165, 1.54) is 0 Å². The molecule has 108 valence electrons. The predicted molar refractivity (Wildman–Crippen MR) is 81.3 cm³/mol. The molecule has 3 aromatic rings. The van der Waals surface area contributed by atoms with Crippen LogP contribution in [0.5, 0.6) is 0 Å². The molecule has 0 bridgehead atoms. The zero-order chi connectivity index (χ0) is 14.7. The molecule has 3 aromatic heterocycles. The van der Waals surface area contributed by atoms with Crippen molar-refractivity contribution in [3.05, 3.63) is 40.2 Å². The monoisotopic (exact) mass is 301 g/mol. The number of aromatic nitrogens is 4. The Morgan fingerprint density at radius 1 is 1.29 bits per heavy atom. The third-order valence-corrected chi connectivity index (χ3v) is 3.87. The Bertz CT molecular complexity index is 736. The van der Waals surface area contributed by atoms with E-state index >= 15 is 0 Å². The number of hydrogen-bond donors (Lipinski definition) is 1. The van der Waals surface area contributed by atoms with E-state index in [9.17, 15) is 0 Å². The van der Waals surface area contributed by atoms with Gasteiger partial charge in [-0.25, -0.2) is 9.97 Å². The van der Waals surface area contributed by atoms with Gasteiger partial charge in [-0.1, -0.05) is 5.16 Å². The Labute approximate surface area is 126 Å². The van der Waals surface area contributed by atoms with Crippen LogP contribution in [-0.2, 0) is 6.42 Å². The number of nitrogens with zero attached hydrogens (tertiary/aromatic N) is 4. The SMILES string of the molecule is Cc1csc(CCNc2cc(-c3nc(C)no3)ccn2)n1. The van der Waals surface area contributed by atoms with Crippen molar-refractivity contribution in [2.24, 2.45) is 0 Å². The molecule has 0 amide bonds. The minimum atomic E-state index is 0.508. The third-order valence-electron chi connectivity index (χ3n) is 2.85. The first-order valence-electron chi connectivity index (χ1n) is 6.62. The van der Waals surface area contributed by atoms with Crippen LogP contribution in [-0.4, -0.2) is 26.7 Å². The number of nitrogens with one attached hydrogen (secondary N) is 1. The number of thiazole rings is 1. The molecule has 0 aliphatic heterocycles. The molecule has 0 atom stereocenters. The van der Waals surface area contributed by atoms with Crippen LogP contribution in [0.25, 0.3) is 11.5 Å². The molecule has 21 heavy (non-hydrogen) atoms. The Kier molecular flexibility index (Phi) is 3.92. The lowest BCUT2D eigenvalue weighted by Crippen LogP contribution is -2.06. The minimum Gasteiger partial charge on any atom is -0.370 e. The highest BCUT2D eigenvalue weighted by Crippen LogP contribution is 2.19. The minimum absolute atomic E-state index is 0.508.